The Morgan fingerprint density at radius 3 is 2.44 bits per heavy atom. The van der Waals surface area contributed by atoms with Crippen molar-refractivity contribution in [2.24, 2.45) is 0 Å². The second-order valence-corrected chi connectivity index (χ2v) is 5.26. The molecule has 0 saturated carbocycles. The summed E-state index contributed by atoms with van der Waals surface area (Å²) in [5.41, 5.74) is -0.157. The van der Waals surface area contributed by atoms with E-state index in [0.29, 0.717) is 6.54 Å². The first-order chi connectivity index (χ1) is 11.9. The topological polar surface area (TPSA) is 83.2 Å². The maximum Gasteiger partial charge on any atom is 0.271 e. The Morgan fingerprint density at radius 1 is 1.24 bits per heavy atom. The highest BCUT2D eigenvalue weighted by Gasteiger charge is 2.23. The van der Waals surface area contributed by atoms with E-state index in [9.17, 15) is 18.4 Å². The Bertz CT molecular complexity index is 769. The summed E-state index contributed by atoms with van der Waals surface area (Å²) < 4.78 is 33.4. The van der Waals surface area contributed by atoms with E-state index in [1.807, 2.05) is 0 Å². The van der Waals surface area contributed by atoms with E-state index in [0.717, 1.165) is 12.1 Å². The van der Waals surface area contributed by atoms with Crippen LogP contribution in [0.1, 0.15) is 46.5 Å². The van der Waals surface area contributed by atoms with E-state index in [4.69, 9.17) is 4.74 Å². The number of nitrogens with one attached hydrogen (secondary N) is 3. The summed E-state index contributed by atoms with van der Waals surface area (Å²) in [7, 11) is 1.42. The minimum absolute atomic E-state index is 0.00708. The lowest BCUT2D eigenvalue weighted by Gasteiger charge is -2.16. The molecule has 1 atom stereocenters. The number of aromatic nitrogens is 1. The molecule has 0 bridgehead atoms. The van der Waals surface area contributed by atoms with Gasteiger partial charge in [-0.3, -0.25) is 9.59 Å². The van der Waals surface area contributed by atoms with E-state index >= 15 is 0 Å². The van der Waals surface area contributed by atoms with Gasteiger partial charge in [0.05, 0.1) is 5.56 Å². The van der Waals surface area contributed by atoms with Gasteiger partial charge >= 0.3 is 0 Å². The number of halogens is 2. The van der Waals surface area contributed by atoms with Gasteiger partial charge in [0.15, 0.2) is 5.75 Å². The second kappa shape index (κ2) is 7.78. The molecular formula is C17H19F2N3O3. The highest BCUT2D eigenvalue weighted by Crippen LogP contribution is 2.29. The van der Waals surface area contributed by atoms with Crippen molar-refractivity contribution in [2.75, 3.05) is 13.6 Å². The highest BCUT2D eigenvalue weighted by atomic mass is 19.1. The van der Waals surface area contributed by atoms with Crippen molar-refractivity contribution in [3.63, 3.8) is 0 Å². The molecule has 1 heterocycles. The molecule has 1 unspecified atom stereocenters. The summed E-state index contributed by atoms with van der Waals surface area (Å²) in [5, 5.41) is 5.00. The third-order valence-corrected chi connectivity index (χ3v) is 3.53. The molecule has 0 aliphatic rings. The van der Waals surface area contributed by atoms with Gasteiger partial charge in [0.2, 0.25) is 0 Å². The first kappa shape index (κ1) is 18.4. The molecule has 134 valence electrons. The van der Waals surface area contributed by atoms with Crippen LogP contribution >= 0.6 is 0 Å². The van der Waals surface area contributed by atoms with Gasteiger partial charge in [-0.2, -0.15) is 0 Å². The number of carbonyl (C=O) groups excluding carboxylic acids is 2. The predicted molar refractivity (Wildman–Crippen MR) is 87.6 cm³/mol. The van der Waals surface area contributed by atoms with E-state index in [1.165, 1.54) is 26.1 Å². The molecule has 2 amide bonds. The van der Waals surface area contributed by atoms with Crippen LogP contribution in [0.2, 0.25) is 0 Å². The van der Waals surface area contributed by atoms with Gasteiger partial charge in [0.25, 0.3) is 11.8 Å². The van der Waals surface area contributed by atoms with Crippen molar-refractivity contribution in [1.29, 1.82) is 0 Å². The number of amides is 2. The van der Waals surface area contributed by atoms with Crippen molar-refractivity contribution < 1.29 is 23.1 Å². The third kappa shape index (κ3) is 3.96. The highest BCUT2D eigenvalue weighted by molar-refractivity contribution is 5.99. The van der Waals surface area contributed by atoms with E-state index in [-0.39, 0.29) is 22.7 Å². The summed E-state index contributed by atoms with van der Waals surface area (Å²) in [6.45, 7) is 3.61. The molecule has 0 saturated heterocycles. The molecule has 6 nitrogen and oxygen atoms in total. The lowest BCUT2D eigenvalue weighted by atomic mass is 10.1. The van der Waals surface area contributed by atoms with Gasteiger partial charge in [0, 0.05) is 19.7 Å². The molecule has 1 aromatic carbocycles. The maximum absolute atomic E-state index is 13.9. The number of hydrogen-bond donors (Lipinski definition) is 3. The van der Waals surface area contributed by atoms with Crippen LogP contribution in [0.25, 0.3) is 0 Å². The first-order valence-electron chi connectivity index (χ1n) is 7.72. The largest absolute Gasteiger partial charge is 0.483 e. The van der Waals surface area contributed by atoms with Gasteiger partial charge in [-0.25, -0.2) is 8.78 Å². The Hall–Kier alpha value is -2.90. The minimum atomic E-state index is -1.01. The number of ether oxygens (including phenoxy) is 1. The van der Waals surface area contributed by atoms with Crippen LogP contribution in [0.5, 0.6) is 5.75 Å². The Balaban J connectivity index is 2.37. The van der Waals surface area contributed by atoms with Gasteiger partial charge < -0.3 is 20.4 Å². The zero-order chi connectivity index (χ0) is 18.6. The van der Waals surface area contributed by atoms with Crippen LogP contribution in [0.3, 0.4) is 0 Å². The summed E-state index contributed by atoms with van der Waals surface area (Å²) >= 11 is 0. The average Bonchev–Trinajstić information content (AvgIpc) is 2.98. The van der Waals surface area contributed by atoms with Crippen molar-refractivity contribution >= 4 is 11.8 Å². The predicted octanol–water partition coefficient (Wildman–Crippen LogP) is 2.54. The number of H-pyrrole nitrogens is 1. The number of aromatic amines is 1. The summed E-state index contributed by atoms with van der Waals surface area (Å²) in [6.07, 6.45) is -1.01. The average molecular weight is 351 g/mol. The van der Waals surface area contributed by atoms with Gasteiger partial charge in [-0.1, -0.05) is 6.07 Å². The minimum Gasteiger partial charge on any atom is -0.483 e. The standard InChI is InChI=1S/C17H19F2N3O3/c1-4-21-16(23)12-8-13(15(22-12)17(24)20-3)25-9(2)14-10(18)6-5-7-11(14)19/h5-9,22H,4H2,1-3H3,(H,20,24)(H,21,23). The molecule has 0 aliphatic heterocycles. The van der Waals surface area contributed by atoms with Crippen molar-refractivity contribution in [3.8, 4) is 5.75 Å². The molecule has 2 rings (SSSR count). The molecular weight excluding hydrogens is 332 g/mol. The Morgan fingerprint density at radius 2 is 1.88 bits per heavy atom. The van der Waals surface area contributed by atoms with E-state index < -0.39 is 29.6 Å². The summed E-state index contributed by atoms with van der Waals surface area (Å²) in [6, 6.07) is 4.81. The SMILES string of the molecule is CCNC(=O)c1cc(OC(C)c2c(F)cccc2F)c(C(=O)NC)[nH]1. The smallest absolute Gasteiger partial charge is 0.271 e. The normalized spacial score (nSPS) is 11.7. The zero-order valence-corrected chi connectivity index (χ0v) is 14.1. The van der Waals surface area contributed by atoms with Crippen LogP contribution in [-0.2, 0) is 0 Å². The lowest BCUT2D eigenvalue weighted by molar-refractivity contribution is 0.0951. The molecule has 3 N–H and O–H groups in total. The van der Waals surface area contributed by atoms with Crippen LogP contribution in [-0.4, -0.2) is 30.4 Å². The summed E-state index contributed by atoms with van der Waals surface area (Å²) in [4.78, 5) is 26.6. The molecule has 2 aromatic rings. The van der Waals surface area contributed by atoms with Gasteiger partial charge in [-0.15, -0.1) is 0 Å². The molecule has 25 heavy (non-hydrogen) atoms. The fourth-order valence-corrected chi connectivity index (χ4v) is 2.35. The summed E-state index contributed by atoms with van der Waals surface area (Å²) in [5.74, 6) is -2.43. The van der Waals surface area contributed by atoms with Gasteiger partial charge in [-0.05, 0) is 26.0 Å². The first-order valence-corrected chi connectivity index (χ1v) is 7.72. The number of rotatable bonds is 6. The third-order valence-electron chi connectivity index (χ3n) is 3.53. The molecule has 0 spiro atoms. The lowest BCUT2D eigenvalue weighted by Crippen LogP contribution is -2.23. The Labute approximate surface area is 143 Å². The molecule has 0 radical (unpaired) electrons. The fraction of sp³-hybridized carbons (Fsp3) is 0.294. The van der Waals surface area contributed by atoms with Crippen molar-refractivity contribution in [3.05, 3.63) is 52.9 Å². The monoisotopic (exact) mass is 351 g/mol. The molecule has 0 fully saturated rings. The quantitative estimate of drug-likeness (QED) is 0.748. The fourth-order valence-electron chi connectivity index (χ4n) is 2.35. The van der Waals surface area contributed by atoms with Crippen LogP contribution in [0.4, 0.5) is 8.78 Å². The van der Waals surface area contributed by atoms with Crippen molar-refractivity contribution in [2.45, 2.75) is 20.0 Å². The Kier molecular flexibility index (Phi) is 5.74. The molecule has 0 aliphatic carbocycles. The van der Waals surface area contributed by atoms with E-state index in [1.54, 1.807) is 6.92 Å². The van der Waals surface area contributed by atoms with E-state index in [2.05, 4.69) is 15.6 Å². The van der Waals surface area contributed by atoms with Crippen LogP contribution in [0, 0.1) is 11.6 Å². The number of hydrogen-bond acceptors (Lipinski definition) is 3. The number of carbonyl (C=O) groups is 2. The zero-order valence-electron chi connectivity index (χ0n) is 14.1. The second-order valence-electron chi connectivity index (χ2n) is 5.26. The van der Waals surface area contributed by atoms with Crippen LogP contribution < -0.4 is 15.4 Å². The molecule has 8 heteroatoms. The van der Waals surface area contributed by atoms with Crippen LogP contribution in [0.15, 0.2) is 24.3 Å². The molecule has 1 aromatic heterocycles. The maximum atomic E-state index is 13.9. The number of benzene rings is 1. The van der Waals surface area contributed by atoms with Crippen molar-refractivity contribution in [1.82, 2.24) is 15.6 Å². The van der Waals surface area contributed by atoms with Gasteiger partial charge in [0.1, 0.15) is 29.1 Å².